The van der Waals surface area contributed by atoms with Crippen LogP contribution in [-0.4, -0.2) is 48.8 Å². The molecule has 0 fully saturated rings. The third-order valence-corrected chi connectivity index (χ3v) is 5.06. The van der Waals surface area contributed by atoms with Crippen molar-refractivity contribution in [3.8, 4) is 0 Å². The number of rotatable bonds is 8. The van der Waals surface area contributed by atoms with Gasteiger partial charge in [-0.1, -0.05) is 12.1 Å². The minimum atomic E-state index is -8.15. The zero-order valence-electron chi connectivity index (χ0n) is 15.9. The minimum Gasteiger partial charge on any atom is -0.282 e. The van der Waals surface area contributed by atoms with Gasteiger partial charge < -0.3 is 0 Å². The molecule has 1 rings (SSSR count). The first-order valence-corrected chi connectivity index (χ1v) is 9.44. The molecule has 0 aliphatic carbocycles. The van der Waals surface area contributed by atoms with Crippen molar-refractivity contribution < 1.29 is 87.6 Å². The second-order valence-electron chi connectivity index (χ2n) is 6.57. The molecule has 3 nitrogen and oxygen atoms in total. The molecule has 0 radical (unpaired) electrons. The molecule has 1 aromatic carbocycles. The molecule has 0 heterocycles. The topological polar surface area (TPSA) is 54.4 Å². The van der Waals surface area contributed by atoms with Gasteiger partial charge in [-0.3, -0.25) is 4.55 Å². The van der Waals surface area contributed by atoms with Gasteiger partial charge in [0.2, 0.25) is 11.7 Å². The van der Waals surface area contributed by atoms with Gasteiger partial charge in [-0.25, -0.2) is 8.78 Å². The monoisotopic (exact) mass is 588 g/mol. The van der Waals surface area contributed by atoms with E-state index >= 15 is 0 Å². The molecular weight excluding hydrogens is 583 g/mol. The first-order chi connectivity index (χ1) is 15.5. The second kappa shape index (κ2) is 8.62. The Morgan fingerprint density at radius 1 is 0.583 bits per heavy atom. The summed E-state index contributed by atoms with van der Waals surface area (Å²) in [4.78, 5) is -1.32. The summed E-state index contributed by atoms with van der Waals surface area (Å²) >= 11 is 0. The second-order valence-corrected chi connectivity index (χ2v) is 7.99. The molecule has 0 saturated carbocycles. The lowest BCUT2D eigenvalue weighted by molar-refractivity contribution is -0.392. The van der Waals surface area contributed by atoms with Crippen molar-refractivity contribution >= 4 is 10.1 Å². The zero-order valence-corrected chi connectivity index (χ0v) is 16.7. The minimum absolute atomic E-state index is 0.131. The Balaban J connectivity index is 3.70. The highest BCUT2D eigenvalue weighted by atomic mass is 32.2. The van der Waals surface area contributed by atoms with E-state index in [0.717, 1.165) is 0 Å². The quantitative estimate of drug-likeness (QED) is 0.265. The molecule has 0 bridgehead atoms. The van der Waals surface area contributed by atoms with E-state index in [2.05, 4.69) is 0 Å². The van der Waals surface area contributed by atoms with Gasteiger partial charge in [0, 0.05) is 5.56 Å². The van der Waals surface area contributed by atoms with Gasteiger partial charge in [0.05, 0.1) is 4.90 Å². The predicted octanol–water partition coefficient (Wildman–Crippen LogP) is 6.91. The molecule has 0 spiro atoms. The summed E-state index contributed by atoms with van der Waals surface area (Å²) < 4.78 is 254. The van der Waals surface area contributed by atoms with Crippen molar-refractivity contribution in [1.29, 1.82) is 0 Å². The van der Waals surface area contributed by atoms with Gasteiger partial charge in [-0.05, 0) is 12.1 Å². The van der Waals surface area contributed by atoms with Gasteiger partial charge in [-0.15, -0.1) is 0 Å². The molecule has 0 unspecified atom stereocenters. The number of hydrogen-bond donors (Lipinski definition) is 1. The average molecular weight is 588 g/mol. The van der Waals surface area contributed by atoms with Crippen molar-refractivity contribution in [2.75, 3.05) is 0 Å². The summed E-state index contributed by atoms with van der Waals surface area (Å²) in [7, 11) is -5.20. The third kappa shape index (κ3) is 4.58. The number of allylic oxidation sites excluding steroid dienone is 2. The molecule has 208 valence electrons. The maximum Gasteiger partial charge on any atom is 0.460 e. The Labute approximate surface area is 186 Å². The Kier molecular flexibility index (Phi) is 7.59. The van der Waals surface area contributed by atoms with Crippen LogP contribution in [0, 0.1) is 0 Å². The highest BCUT2D eigenvalue weighted by Crippen LogP contribution is 2.59. The average Bonchev–Trinajstić information content (AvgIpc) is 2.70. The SMILES string of the molecule is O=S(=O)(O)c1ccc(C(F)(F)C(F)(F)C(F)(F)C(F)=C(F)C(F)(F)C(F)(F)C(F)(F)C(F)(F)F)cc1. The van der Waals surface area contributed by atoms with E-state index in [1.165, 1.54) is 0 Å². The van der Waals surface area contributed by atoms with Crippen molar-refractivity contribution in [3.05, 3.63) is 41.5 Å². The van der Waals surface area contributed by atoms with Gasteiger partial charge in [0.15, 0.2) is 0 Å². The molecule has 0 aliphatic rings. The standard InChI is InChI=1S/C15H5F17O3S/c16-7(8(17)11(22,23)13(26,27)14(28,29)15(30,31)32)10(20,21)12(24,25)9(18,19)5-1-3-6(4-2-5)36(33,34)35/h1-4H,(H,33,34,35). The fraction of sp³-hybridized carbons (Fsp3) is 0.467. The first-order valence-electron chi connectivity index (χ1n) is 8.00. The molecule has 0 aromatic heterocycles. The highest BCUT2D eigenvalue weighted by Gasteiger charge is 2.84. The molecule has 0 amide bonds. The molecule has 0 saturated heterocycles. The van der Waals surface area contributed by atoms with Gasteiger partial charge in [0.1, 0.15) is 0 Å². The van der Waals surface area contributed by atoms with Crippen LogP contribution in [0.15, 0.2) is 40.8 Å². The summed E-state index contributed by atoms with van der Waals surface area (Å²) in [6.45, 7) is 0. The summed E-state index contributed by atoms with van der Waals surface area (Å²) in [5.74, 6) is -56.3. The van der Waals surface area contributed by atoms with E-state index in [9.17, 15) is 83.1 Å². The van der Waals surface area contributed by atoms with E-state index in [0.29, 0.717) is 0 Å². The third-order valence-electron chi connectivity index (χ3n) is 4.19. The number of halogens is 17. The van der Waals surface area contributed by atoms with Crippen molar-refractivity contribution in [3.63, 3.8) is 0 Å². The van der Waals surface area contributed by atoms with Crippen molar-refractivity contribution in [1.82, 2.24) is 0 Å². The lowest BCUT2D eigenvalue weighted by Crippen LogP contribution is -2.61. The van der Waals surface area contributed by atoms with E-state index < -0.39 is 86.1 Å². The van der Waals surface area contributed by atoms with Crippen molar-refractivity contribution in [2.24, 2.45) is 0 Å². The maximum atomic E-state index is 14.0. The predicted molar refractivity (Wildman–Crippen MR) is 80.2 cm³/mol. The zero-order chi connectivity index (χ0) is 29.1. The molecule has 0 aliphatic heterocycles. The molecule has 1 aromatic rings. The number of alkyl halides is 15. The lowest BCUT2D eigenvalue weighted by Gasteiger charge is -2.35. The van der Waals surface area contributed by atoms with Crippen LogP contribution in [0.25, 0.3) is 0 Å². The Morgan fingerprint density at radius 2 is 0.917 bits per heavy atom. The Bertz CT molecular complexity index is 1120. The van der Waals surface area contributed by atoms with E-state index in [1.807, 2.05) is 0 Å². The Hall–Kier alpha value is -2.32. The van der Waals surface area contributed by atoms with Crippen LogP contribution in [-0.2, 0) is 16.0 Å². The van der Waals surface area contributed by atoms with Crippen LogP contribution in [0.1, 0.15) is 5.56 Å². The van der Waals surface area contributed by atoms with E-state index in [4.69, 9.17) is 4.55 Å². The fourth-order valence-electron chi connectivity index (χ4n) is 2.14. The van der Waals surface area contributed by atoms with Crippen LogP contribution in [0.2, 0.25) is 0 Å². The normalized spacial score (nSPS) is 16.2. The smallest absolute Gasteiger partial charge is 0.282 e. The molecule has 0 atom stereocenters. The van der Waals surface area contributed by atoms with Crippen LogP contribution >= 0.6 is 0 Å². The maximum absolute atomic E-state index is 14.0. The summed E-state index contributed by atoms with van der Waals surface area (Å²) in [5.41, 5.74) is -2.41. The molecule has 1 N–H and O–H groups in total. The van der Waals surface area contributed by atoms with Gasteiger partial charge in [0.25, 0.3) is 10.1 Å². The van der Waals surface area contributed by atoms with Crippen molar-refractivity contribution in [2.45, 2.75) is 46.6 Å². The summed E-state index contributed by atoms with van der Waals surface area (Å²) in [6, 6.07) is -1.13. The van der Waals surface area contributed by atoms with Crippen LogP contribution < -0.4 is 0 Å². The first kappa shape index (κ1) is 31.7. The number of benzene rings is 1. The van der Waals surface area contributed by atoms with Crippen LogP contribution in [0.4, 0.5) is 74.6 Å². The summed E-state index contributed by atoms with van der Waals surface area (Å²) in [6.07, 6.45) is -7.66. The van der Waals surface area contributed by atoms with Crippen LogP contribution in [0.3, 0.4) is 0 Å². The van der Waals surface area contributed by atoms with Gasteiger partial charge in [-0.2, -0.15) is 74.3 Å². The van der Waals surface area contributed by atoms with E-state index in [-0.39, 0.29) is 12.1 Å². The molecule has 36 heavy (non-hydrogen) atoms. The largest absolute Gasteiger partial charge is 0.460 e. The number of hydrogen-bond acceptors (Lipinski definition) is 2. The molecule has 21 heteroatoms. The summed E-state index contributed by atoms with van der Waals surface area (Å²) in [5, 5.41) is 0. The molecular formula is C15H5F17O3S. The Morgan fingerprint density at radius 3 is 1.22 bits per heavy atom. The van der Waals surface area contributed by atoms with E-state index in [1.54, 1.807) is 0 Å². The van der Waals surface area contributed by atoms with Gasteiger partial charge >= 0.3 is 41.7 Å². The highest BCUT2D eigenvalue weighted by molar-refractivity contribution is 7.85. The fourth-order valence-corrected chi connectivity index (χ4v) is 2.62. The lowest BCUT2D eigenvalue weighted by atomic mass is 9.94. The van der Waals surface area contributed by atoms with Crippen LogP contribution in [0.5, 0.6) is 0 Å².